The Labute approximate surface area is 229 Å². The molecule has 0 saturated carbocycles. The average molecular weight is 531 g/mol. The highest BCUT2D eigenvalue weighted by Gasteiger charge is 2.36. The molecule has 2 aliphatic rings. The number of piperidine rings is 1. The van der Waals surface area contributed by atoms with Gasteiger partial charge in [-0.05, 0) is 69.2 Å². The molecule has 8 heteroatoms. The van der Waals surface area contributed by atoms with E-state index in [4.69, 9.17) is 4.74 Å². The van der Waals surface area contributed by atoms with Gasteiger partial charge in [-0.15, -0.1) is 0 Å². The van der Waals surface area contributed by atoms with Crippen molar-refractivity contribution in [1.29, 1.82) is 0 Å². The normalized spacial score (nSPS) is 17.5. The van der Waals surface area contributed by atoms with Crippen LogP contribution in [0.2, 0.25) is 0 Å². The van der Waals surface area contributed by atoms with E-state index >= 15 is 0 Å². The zero-order valence-electron chi connectivity index (χ0n) is 23.1. The van der Waals surface area contributed by atoms with Crippen LogP contribution >= 0.6 is 0 Å². The minimum absolute atomic E-state index is 0.0514. The van der Waals surface area contributed by atoms with Crippen LogP contribution in [-0.4, -0.2) is 56.9 Å². The molecule has 1 aromatic heterocycles. The van der Waals surface area contributed by atoms with E-state index < -0.39 is 0 Å². The Morgan fingerprint density at radius 2 is 1.64 bits per heavy atom. The van der Waals surface area contributed by atoms with E-state index in [0.717, 1.165) is 30.6 Å². The number of amides is 2. The first kappa shape index (κ1) is 26.8. The standard InChI is InChI=1S/C31H38N4O4/c1-4-39-31(38)33-18-16-26(17-19-33)34(29(36)25-15-14-23-10-8-9-11-24(23)20-25)21-28-22(2)32(3)35(30(28)37)27-12-6-5-7-13-27/h5-13,25-26H,4,14-21H2,1-3H3. The van der Waals surface area contributed by atoms with Crippen LogP contribution in [0.25, 0.3) is 5.69 Å². The number of aryl methyl sites for hydroxylation is 1. The van der Waals surface area contributed by atoms with Crippen LogP contribution in [0.15, 0.2) is 59.4 Å². The molecule has 0 radical (unpaired) electrons. The van der Waals surface area contributed by atoms with Crippen molar-refractivity contribution >= 4 is 12.0 Å². The van der Waals surface area contributed by atoms with Crippen molar-refractivity contribution in [3.05, 3.63) is 87.3 Å². The molecule has 2 amide bonds. The summed E-state index contributed by atoms with van der Waals surface area (Å²) < 4.78 is 8.74. The molecule has 8 nitrogen and oxygen atoms in total. The van der Waals surface area contributed by atoms with Gasteiger partial charge >= 0.3 is 6.09 Å². The number of carbonyl (C=O) groups excluding carboxylic acids is 2. The average Bonchev–Trinajstić information content (AvgIpc) is 3.18. The Morgan fingerprint density at radius 3 is 2.33 bits per heavy atom. The summed E-state index contributed by atoms with van der Waals surface area (Å²) >= 11 is 0. The molecule has 1 aliphatic heterocycles. The molecule has 1 saturated heterocycles. The second-order valence-corrected chi connectivity index (χ2v) is 10.6. The largest absolute Gasteiger partial charge is 0.450 e. The van der Waals surface area contributed by atoms with Gasteiger partial charge in [-0.2, -0.15) is 0 Å². The third-order valence-corrected chi connectivity index (χ3v) is 8.41. The minimum atomic E-state index is -0.303. The highest BCUT2D eigenvalue weighted by atomic mass is 16.6. The molecule has 0 bridgehead atoms. The Hall–Kier alpha value is -3.81. The maximum absolute atomic E-state index is 14.2. The lowest BCUT2D eigenvalue weighted by molar-refractivity contribution is -0.140. The summed E-state index contributed by atoms with van der Waals surface area (Å²) in [6.45, 7) is 5.41. The number of para-hydroxylation sites is 1. The first-order valence-electron chi connectivity index (χ1n) is 14.0. The number of carbonyl (C=O) groups is 2. The van der Waals surface area contributed by atoms with Crippen molar-refractivity contribution in [2.45, 2.75) is 58.5 Å². The van der Waals surface area contributed by atoms with Gasteiger partial charge in [0, 0.05) is 37.8 Å². The molecule has 2 aromatic carbocycles. The van der Waals surface area contributed by atoms with E-state index in [1.54, 1.807) is 16.5 Å². The van der Waals surface area contributed by atoms with Crippen LogP contribution < -0.4 is 5.56 Å². The van der Waals surface area contributed by atoms with E-state index in [2.05, 4.69) is 18.2 Å². The second kappa shape index (κ2) is 11.5. The molecule has 2 heterocycles. The summed E-state index contributed by atoms with van der Waals surface area (Å²) in [5.74, 6) is -0.0173. The molecular weight excluding hydrogens is 492 g/mol. The number of hydrogen-bond donors (Lipinski definition) is 0. The molecule has 1 fully saturated rings. The lowest BCUT2D eigenvalue weighted by atomic mass is 9.82. The first-order chi connectivity index (χ1) is 18.9. The highest BCUT2D eigenvalue weighted by molar-refractivity contribution is 5.80. The van der Waals surface area contributed by atoms with Crippen LogP contribution in [-0.2, 0) is 36.0 Å². The van der Waals surface area contributed by atoms with Gasteiger partial charge in [0.2, 0.25) is 5.91 Å². The molecule has 1 aliphatic carbocycles. The molecule has 1 unspecified atom stereocenters. The van der Waals surface area contributed by atoms with E-state index in [1.165, 1.54) is 11.1 Å². The van der Waals surface area contributed by atoms with Crippen molar-refractivity contribution < 1.29 is 14.3 Å². The second-order valence-electron chi connectivity index (χ2n) is 10.6. The van der Waals surface area contributed by atoms with Gasteiger partial charge in [0.15, 0.2) is 0 Å². The Kier molecular flexibility index (Phi) is 7.91. The third kappa shape index (κ3) is 5.37. The lowest BCUT2D eigenvalue weighted by Gasteiger charge is -2.40. The number of likely N-dealkylation sites (tertiary alicyclic amines) is 1. The number of aromatic nitrogens is 2. The first-order valence-corrected chi connectivity index (χ1v) is 14.0. The van der Waals surface area contributed by atoms with Gasteiger partial charge in [0.1, 0.15) is 0 Å². The number of hydrogen-bond acceptors (Lipinski definition) is 4. The van der Waals surface area contributed by atoms with E-state index in [-0.39, 0.29) is 36.1 Å². The monoisotopic (exact) mass is 530 g/mol. The fourth-order valence-corrected chi connectivity index (χ4v) is 6.08. The van der Waals surface area contributed by atoms with Gasteiger partial charge < -0.3 is 14.5 Å². The van der Waals surface area contributed by atoms with Crippen LogP contribution in [0, 0.1) is 12.8 Å². The Bertz CT molecular complexity index is 1390. The number of benzene rings is 2. The molecule has 0 N–H and O–H groups in total. The number of fused-ring (bicyclic) bond motifs is 1. The molecular formula is C31H38N4O4. The van der Waals surface area contributed by atoms with E-state index in [1.807, 2.05) is 60.0 Å². The van der Waals surface area contributed by atoms with Crippen molar-refractivity contribution in [3.8, 4) is 5.69 Å². The molecule has 206 valence electrons. The lowest BCUT2D eigenvalue weighted by Crippen LogP contribution is -2.51. The SMILES string of the molecule is CCOC(=O)N1CCC(N(Cc2c(C)n(C)n(-c3ccccc3)c2=O)C(=O)C2CCc3ccccc3C2)CC1. The van der Waals surface area contributed by atoms with Crippen LogP contribution in [0.3, 0.4) is 0 Å². The van der Waals surface area contributed by atoms with E-state index in [0.29, 0.717) is 38.1 Å². The van der Waals surface area contributed by atoms with Gasteiger partial charge in [0.25, 0.3) is 5.56 Å². The van der Waals surface area contributed by atoms with Crippen molar-refractivity contribution in [3.63, 3.8) is 0 Å². The van der Waals surface area contributed by atoms with Crippen LogP contribution in [0.5, 0.6) is 0 Å². The summed E-state index contributed by atoms with van der Waals surface area (Å²) in [5, 5.41) is 0. The summed E-state index contributed by atoms with van der Waals surface area (Å²) in [5.41, 5.74) is 4.74. The van der Waals surface area contributed by atoms with Gasteiger partial charge in [-0.1, -0.05) is 42.5 Å². The quantitative estimate of drug-likeness (QED) is 0.478. The highest BCUT2D eigenvalue weighted by Crippen LogP contribution is 2.30. The van der Waals surface area contributed by atoms with Gasteiger partial charge in [0.05, 0.1) is 24.4 Å². The maximum atomic E-state index is 14.2. The molecule has 5 rings (SSSR count). The smallest absolute Gasteiger partial charge is 0.409 e. The predicted molar refractivity (Wildman–Crippen MR) is 150 cm³/mol. The van der Waals surface area contributed by atoms with Gasteiger partial charge in [-0.3, -0.25) is 14.3 Å². The Morgan fingerprint density at radius 1 is 0.974 bits per heavy atom. The number of rotatable bonds is 6. The molecule has 39 heavy (non-hydrogen) atoms. The topological polar surface area (TPSA) is 76.8 Å². The summed E-state index contributed by atoms with van der Waals surface area (Å²) in [7, 11) is 1.88. The molecule has 1 atom stereocenters. The van der Waals surface area contributed by atoms with Crippen molar-refractivity contribution in [2.24, 2.45) is 13.0 Å². The van der Waals surface area contributed by atoms with Crippen LogP contribution in [0.4, 0.5) is 4.79 Å². The zero-order chi connectivity index (χ0) is 27.5. The fourth-order valence-electron chi connectivity index (χ4n) is 6.08. The fraction of sp³-hybridized carbons (Fsp3) is 0.452. The predicted octanol–water partition coefficient (Wildman–Crippen LogP) is 4.24. The van der Waals surface area contributed by atoms with Crippen LogP contribution in [0.1, 0.15) is 48.6 Å². The van der Waals surface area contributed by atoms with Crippen molar-refractivity contribution in [2.75, 3.05) is 19.7 Å². The summed E-state index contributed by atoms with van der Waals surface area (Å²) in [6.07, 6.45) is 3.42. The van der Waals surface area contributed by atoms with E-state index in [9.17, 15) is 14.4 Å². The number of ether oxygens (including phenoxy) is 1. The number of nitrogens with zero attached hydrogens (tertiary/aromatic N) is 4. The summed E-state index contributed by atoms with van der Waals surface area (Å²) in [4.78, 5) is 43.9. The minimum Gasteiger partial charge on any atom is -0.450 e. The zero-order valence-corrected chi connectivity index (χ0v) is 23.1. The Balaban J connectivity index is 1.44. The maximum Gasteiger partial charge on any atom is 0.409 e. The van der Waals surface area contributed by atoms with Crippen molar-refractivity contribution in [1.82, 2.24) is 19.2 Å². The van der Waals surface area contributed by atoms with Gasteiger partial charge in [-0.25, -0.2) is 9.48 Å². The molecule has 0 spiro atoms. The summed E-state index contributed by atoms with van der Waals surface area (Å²) in [6, 6.07) is 17.9. The molecule has 3 aromatic rings. The third-order valence-electron chi connectivity index (χ3n) is 8.41.